The second-order valence-electron chi connectivity index (χ2n) is 4.44. The first-order valence-electron chi connectivity index (χ1n) is 6.04. The Kier molecular flexibility index (Phi) is 3.02. The highest BCUT2D eigenvalue weighted by molar-refractivity contribution is 6.09. The zero-order valence-electron chi connectivity index (χ0n) is 10.7. The fourth-order valence-corrected chi connectivity index (χ4v) is 2.01. The van der Waals surface area contributed by atoms with Gasteiger partial charge in [0.15, 0.2) is 0 Å². The van der Waals surface area contributed by atoms with Crippen LogP contribution >= 0.6 is 0 Å². The molecule has 3 aromatic rings. The number of nitrogens with one attached hydrogen (secondary N) is 2. The largest absolute Gasteiger partial charge is 0.396 e. The molecule has 3 rings (SSSR count). The van der Waals surface area contributed by atoms with E-state index in [9.17, 15) is 13.6 Å². The van der Waals surface area contributed by atoms with Crippen LogP contribution in [0, 0.1) is 11.6 Å². The summed E-state index contributed by atoms with van der Waals surface area (Å²) in [7, 11) is 0. The van der Waals surface area contributed by atoms with Gasteiger partial charge in [0.1, 0.15) is 11.6 Å². The minimum Gasteiger partial charge on any atom is -0.396 e. The number of carbonyl (C=O) groups is 1. The van der Waals surface area contributed by atoms with Crippen LogP contribution < -0.4 is 11.1 Å². The summed E-state index contributed by atoms with van der Waals surface area (Å²) in [6.45, 7) is 0. The average Bonchev–Trinajstić information content (AvgIpc) is 2.92. The number of aromatic amines is 1. The summed E-state index contributed by atoms with van der Waals surface area (Å²) < 4.78 is 26.8. The van der Waals surface area contributed by atoms with Gasteiger partial charge in [0.25, 0.3) is 5.91 Å². The number of hydrogen-bond acceptors (Lipinski definition) is 3. The minimum absolute atomic E-state index is 0.289. The third-order valence-corrected chi connectivity index (χ3v) is 3.06. The molecule has 0 aliphatic rings. The standard InChI is InChI=1S/C14H10F2N4O/c15-9-5-10(16)11(17)4-7(9)14(21)19-12-2-1-3-13-8(12)6-18-20-13/h1-6H,17H2,(H,18,20)(H,19,21). The summed E-state index contributed by atoms with van der Waals surface area (Å²) >= 11 is 0. The molecule has 0 aliphatic carbocycles. The highest BCUT2D eigenvalue weighted by atomic mass is 19.1. The first-order valence-corrected chi connectivity index (χ1v) is 6.04. The summed E-state index contributed by atoms with van der Waals surface area (Å²) in [4.78, 5) is 12.1. The van der Waals surface area contributed by atoms with Gasteiger partial charge in [-0.25, -0.2) is 8.78 Å². The number of halogens is 2. The Morgan fingerprint density at radius 2 is 2.05 bits per heavy atom. The van der Waals surface area contributed by atoms with E-state index in [0.29, 0.717) is 17.1 Å². The molecule has 1 aromatic heterocycles. The van der Waals surface area contributed by atoms with Crippen molar-refractivity contribution in [3.05, 3.63) is 53.7 Å². The summed E-state index contributed by atoms with van der Waals surface area (Å²) in [6.07, 6.45) is 1.54. The Morgan fingerprint density at radius 1 is 1.24 bits per heavy atom. The molecule has 21 heavy (non-hydrogen) atoms. The number of H-pyrrole nitrogens is 1. The molecule has 0 spiro atoms. The van der Waals surface area contributed by atoms with Gasteiger partial charge in [-0.15, -0.1) is 0 Å². The van der Waals surface area contributed by atoms with Crippen LogP contribution in [-0.2, 0) is 0 Å². The quantitative estimate of drug-likeness (QED) is 0.634. The van der Waals surface area contributed by atoms with E-state index < -0.39 is 17.5 Å². The average molecular weight is 288 g/mol. The molecule has 106 valence electrons. The number of fused-ring (bicyclic) bond motifs is 1. The second kappa shape index (κ2) is 4.86. The molecule has 0 bridgehead atoms. The van der Waals surface area contributed by atoms with Crippen LogP contribution in [0.25, 0.3) is 10.9 Å². The van der Waals surface area contributed by atoms with E-state index in [1.165, 1.54) is 0 Å². The van der Waals surface area contributed by atoms with E-state index in [4.69, 9.17) is 5.73 Å². The van der Waals surface area contributed by atoms with Crippen molar-refractivity contribution in [1.29, 1.82) is 0 Å². The zero-order valence-corrected chi connectivity index (χ0v) is 10.7. The molecule has 1 amide bonds. The first kappa shape index (κ1) is 13.0. The summed E-state index contributed by atoms with van der Waals surface area (Å²) in [5.41, 5.74) is 5.94. The lowest BCUT2D eigenvalue weighted by Crippen LogP contribution is -2.15. The molecule has 0 saturated carbocycles. The molecule has 0 atom stereocenters. The van der Waals surface area contributed by atoms with Crippen LogP contribution in [-0.4, -0.2) is 16.1 Å². The summed E-state index contributed by atoms with van der Waals surface area (Å²) in [5, 5.41) is 9.86. The predicted octanol–water partition coefficient (Wildman–Crippen LogP) is 2.68. The van der Waals surface area contributed by atoms with Gasteiger partial charge >= 0.3 is 0 Å². The van der Waals surface area contributed by atoms with Crippen LogP contribution in [0.2, 0.25) is 0 Å². The number of aromatic nitrogens is 2. The Morgan fingerprint density at radius 3 is 2.86 bits per heavy atom. The van der Waals surface area contributed by atoms with Crippen LogP contribution in [0.15, 0.2) is 36.5 Å². The van der Waals surface area contributed by atoms with Crippen LogP contribution in [0.1, 0.15) is 10.4 Å². The maximum Gasteiger partial charge on any atom is 0.258 e. The molecule has 0 radical (unpaired) electrons. The number of carbonyl (C=O) groups excluding carboxylic acids is 1. The number of rotatable bonds is 2. The molecule has 1 heterocycles. The van der Waals surface area contributed by atoms with Crippen molar-refractivity contribution in [3.63, 3.8) is 0 Å². The van der Waals surface area contributed by atoms with Crippen molar-refractivity contribution in [2.75, 3.05) is 11.1 Å². The van der Waals surface area contributed by atoms with E-state index in [0.717, 1.165) is 11.6 Å². The summed E-state index contributed by atoms with van der Waals surface area (Å²) in [5.74, 6) is -2.59. The van der Waals surface area contributed by atoms with Gasteiger partial charge in [0.05, 0.1) is 28.7 Å². The molecular formula is C14H10F2N4O. The first-order chi connectivity index (χ1) is 10.1. The highest BCUT2D eigenvalue weighted by Crippen LogP contribution is 2.23. The van der Waals surface area contributed by atoms with Crippen LogP contribution in [0.3, 0.4) is 0 Å². The van der Waals surface area contributed by atoms with Gasteiger partial charge in [-0.3, -0.25) is 9.89 Å². The van der Waals surface area contributed by atoms with Crippen LogP contribution in [0.5, 0.6) is 0 Å². The molecule has 7 heteroatoms. The van der Waals surface area contributed by atoms with Crippen molar-refractivity contribution >= 4 is 28.2 Å². The van der Waals surface area contributed by atoms with Gasteiger partial charge in [-0.1, -0.05) is 6.07 Å². The molecule has 0 fully saturated rings. The Balaban J connectivity index is 1.97. The van der Waals surface area contributed by atoms with E-state index >= 15 is 0 Å². The zero-order chi connectivity index (χ0) is 15.0. The minimum atomic E-state index is -0.974. The molecule has 0 unspecified atom stereocenters. The monoisotopic (exact) mass is 288 g/mol. The molecule has 4 N–H and O–H groups in total. The van der Waals surface area contributed by atoms with Gasteiger partial charge in [0, 0.05) is 11.5 Å². The summed E-state index contributed by atoms with van der Waals surface area (Å²) in [6, 6.07) is 6.71. The molecule has 5 nitrogen and oxygen atoms in total. The lowest BCUT2D eigenvalue weighted by molar-refractivity contribution is 0.102. The van der Waals surface area contributed by atoms with Crippen molar-refractivity contribution in [3.8, 4) is 0 Å². The topological polar surface area (TPSA) is 83.8 Å². The van der Waals surface area contributed by atoms with Crippen molar-refractivity contribution in [2.24, 2.45) is 0 Å². The maximum absolute atomic E-state index is 13.7. The molecular weight excluding hydrogens is 278 g/mol. The fourth-order valence-electron chi connectivity index (χ4n) is 2.01. The van der Waals surface area contributed by atoms with E-state index in [1.54, 1.807) is 24.4 Å². The van der Waals surface area contributed by atoms with Gasteiger partial charge in [-0.2, -0.15) is 5.10 Å². The van der Waals surface area contributed by atoms with E-state index in [1.807, 2.05) is 0 Å². The highest BCUT2D eigenvalue weighted by Gasteiger charge is 2.16. The number of nitrogens with two attached hydrogens (primary N) is 1. The second-order valence-corrected chi connectivity index (χ2v) is 4.44. The normalized spacial score (nSPS) is 10.8. The fraction of sp³-hybridized carbons (Fsp3) is 0. The SMILES string of the molecule is Nc1cc(C(=O)Nc2cccc3[nH]ncc23)c(F)cc1F. The lowest BCUT2D eigenvalue weighted by Gasteiger charge is -2.08. The van der Waals surface area contributed by atoms with Crippen molar-refractivity contribution in [2.45, 2.75) is 0 Å². The van der Waals surface area contributed by atoms with Crippen LogP contribution in [0.4, 0.5) is 20.2 Å². The number of amides is 1. The van der Waals surface area contributed by atoms with Gasteiger partial charge < -0.3 is 11.1 Å². The van der Waals surface area contributed by atoms with Gasteiger partial charge in [-0.05, 0) is 18.2 Å². The molecule has 0 aliphatic heterocycles. The van der Waals surface area contributed by atoms with Crippen molar-refractivity contribution < 1.29 is 13.6 Å². The Bertz CT molecular complexity index is 844. The third kappa shape index (κ3) is 2.29. The lowest BCUT2D eigenvalue weighted by atomic mass is 10.1. The third-order valence-electron chi connectivity index (χ3n) is 3.06. The number of anilines is 2. The van der Waals surface area contributed by atoms with Gasteiger partial charge in [0.2, 0.25) is 0 Å². The maximum atomic E-state index is 13.7. The molecule has 0 saturated heterocycles. The predicted molar refractivity (Wildman–Crippen MR) is 74.8 cm³/mol. The number of nitrogen functional groups attached to an aromatic ring is 1. The van der Waals surface area contributed by atoms with Crippen molar-refractivity contribution in [1.82, 2.24) is 10.2 Å². The van der Waals surface area contributed by atoms with E-state index in [2.05, 4.69) is 15.5 Å². The Hall–Kier alpha value is -2.96. The number of hydrogen-bond donors (Lipinski definition) is 3. The van der Waals surface area contributed by atoms with E-state index in [-0.39, 0.29) is 11.3 Å². The Labute approximate surface area is 117 Å². The number of nitrogens with zero attached hydrogens (tertiary/aromatic N) is 1. The molecule has 2 aromatic carbocycles. The number of benzene rings is 2. The smallest absolute Gasteiger partial charge is 0.258 e.